The lowest BCUT2D eigenvalue weighted by atomic mass is 9.64. The smallest absolute Gasteiger partial charge is 0.323 e. The van der Waals surface area contributed by atoms with Gasteiger partial charge in [-0.3, -0.25) is 0 Å². The highest BCUT2D eigenvalue weighted by molar-refractivity contribution is 6.33. The first-order chi connectivity index (χ1) is 16.2. The summed E-state index contributed by atoms with van der Waals surface area (Å²) in [6.07, 6.45) is 0.673. The maximum Gasteiger partial charge on any atom is 0.323 e. The minimum absolute atomic E-state index is 0.0160. The monoisotopic (exact) mass is 495 g/mol. The summed E-state index contributed by atoms with van der Waals surface area (Å²) in [7, 11) is 0. The van der Waals surface area contributed by atoms with Crippen molar-refractivity contribution in [1.82, 2.24) is 29.9 Å². The van der Waals surface area contributed by atoms with Crippen LogP contribution in [-0.4, -0.2) is 48.4 Å². The number of rotatable bonds is 5. The Kier molecular flexibility index (Phi) is 5.50. The summed E-state index contributed by atoms with van der Waals surface area (Å²) in [6.45, 7) is 3.15. The van der Waals surface area contributed by atoms with E-state index in [-0.39, 0.29) is 28.1 Å². The lowest BCUT2D eigenvalue weighted by Crippen LogP contribution is -2.70. The highest BCUT2D eigenvalue weighted by atomic mass is 35.5. The molecule has 2 fully saturated rings. The number of urea groups is 1. The molecule has 3 atom stereocenters. The molecule has 1 aliphatic heterocycles. The summed E-state index contributed by atoms with van der Waals surface area (Å²) in [5.74, 6) is 0.403. The van der Waals surface area contributed by atoms with Crippen molar-refractivity contribution in [2.45, 2.75) is 57.7 Å². The fourth-order valence-corrected chi connectivity index (χ4v) is 5.31. The maximum atomic E-state index is 14.7. The Morgan fingerprint density at radius 3 is 2.85 bits per heavy atom. The summed E-state index contributed by atoms with van der Waals surface area (Å²) in [4.78, 5) is 18.9. The molecule has 9 nitrogen and oxygen atoms in total. The number of piperidine rings is 1. The van der Waals surface area contributed by atoms with Crippen LogP contribution in [0.1, 0.15) is 38.0 Å². The number of halogens is 4. The van der Waals surface area contributed by atoms with Gasteiger partial charge in [-0.2, -0.15) is 5.10 Å². The fourth-order valence-electron chi connectivity index (χ4n) is 5.07. The van der Waals surface area contributed by atoms with Gasteiger partial charge in [0.15, 0.2) is 5.82 Å². The van der Waals surface area contributed by atoms with Crippen LogP contribution in [0.25, 0.3) is 11.4 Å². The Labute approximate surface area is 197 Å². The zero-order valence-electron chi connectivity index (χ0n) is 18.3. The second-order valence-corrected chi connectivity index (χ2v) is 9.26. The first-order valence-corrected chi connectivity index (χ1v) is 11.1. The minimum Gasteiger partial charge on any atom is -0.423 e. The van der Waals surface area contributed by atoms with E-state index in [9.17, 15) is 18.0 Å². The predicted molar refractivity (Wildman–Crippen MR) is 115 cm³/mol. The number of carbonyl (C=O) groups is 1. The lowest BCUT2D eigenvalue weighted by molar-refractivity contribution is -0.110. The number of aryl methyl sites for hydroxylation is 1. The molecule has 2 bridgehead atoms. The number of benzene rings is 1. The zero-order chi connectivity index (χ0) is 24.2. The highest BCUT2D eigenvalue weighted by Gasteiger charge is 2.62. The van der Waals surface area contributed by atoms with Gasteiger partial charge in [0, 0.05) is 24.9 Å². The van der Waals surface area contributed by atoms with Gasteiger partial charge in [0.1, 0.15) is 24.2 Å². The van der Waals surface area contributed by atoms with Crippen molar-refractivity contribution < 1.29 is 22.4 Å². The second-order valence-electron chi connectivity index (χ2n) is 8.85. The van der Waals surface area contributed by atoms with Gasteiger partial charge in [0.25, 0.3) is 6.43 Å². The first-order valence-electron chi connectivity index (χ1n) is 10.7. The van der Waals surface area contributed by atoms with Crippen molar-refractivity contribution in [2.24, 2.45) is 5.92 Å². The number of alkyl halides is 2. The molecular weight excluding hydrogens is 475 g/mol. The number of fused-ring (bicyclic) bond motifs is 2. The first kappa shape index (κ1) is 22.6. The van der Waals surface area contributed by atoms with Gasteiger partial charge in [0.2, 0.25) is 11.8 Å². The molecule has 0 spiro atoms. The van der Waals surface area contributed by atoms with Crippen molar-refractivity contribution in [3.8, 4) is 11.4 Å². The number of likely N-dealkylation sites (tertiary alicyclic amines) is 1. The van der Waals surface area contributed by atoms with Crippen molar-refractivity contribution in [1.29, 1.82) is 0 Å². The average Bonchev–Trinajstić information content (AvgIpc) is 3.38. The number of amides is 2. The molecular formula is C21H21ClF3N7O2. The normalized spacial score (nSPS) is 23.8. The van der Waals surface area contributed by atoms with Crippen molar-refractivity contribution in [3.63, 3.8) is 0 Å². The van der Waals surface area contributed by atoms with Gasteiger partial charge >= 0.3 is 6.03 Å². The van der Waals surface area contributed by atoms with Crippen molar-refractivity contribution in [2.75, 3.05) is 5.32 Å². The summed E-state index contributed by atoms with van der Waals surface area (Å²) in [6, 6.07) is 1.76. The van der Waals surface area contributed by atoms with E-state index in [0.717, 1.165) is 23.5 Å². The number of carbonyl (C=O) groups excluding carboxylic acids is 1. The SMILES string of the molecule is Cc1nnc([C@@]23C[C@H](C)C[C@@H](C2)N3C(=O)Nc2cc(-c3ncn(CC(F)F)n3)c(Cl)cc2F)o1. The van der Waals surface area contributed by atoms with E-state index in [0.29, 0.717) is 30.5 Å². The zero-order valence-corrected chi connectivity index (χ0v) is 19.1. The molecule has 1 aliphatic carbocycles. The summed E-state index contributed by atoms with van der Waals surface area (Å²) >= 11 is 6.16. The number of anilines is 1. The third kappa shape index (κ3) is 3.79. The summed E-state index contributed by atoms with van der Waals surface area (Å²) < 4.78 is 46.7. The number of nitrogens with zero attached hydrogens (tertiary/aromatic N) is 6. The third-order valence-electron chi connectivity index (χ3n) is 6.30. The molecule has 13 heteroatoms. The molecule has 1 N–H and O–H groups in total. The van der Waals surface area contributed by atoms with Gasteiger partial charge in [-0.15, -0.1) is 10.2 Å². The number of hydrogen-bond donors (Lipinski definition) is 1. The van der Waals surface area contributed by atoms with Crippen LogP contribution in [0.15, 0.2) is 22.9 Å². The molecule has 2 amide bonds. The van der Waals surface area contributed by atoms with Crippen LogP contribution in [0.4, 0.5) is 23.7 Å². The average molecular weight is 496 g/mol. The van der Waals surface area contributed by atoms with Gasteiger partial charge < -0.3 is 14.6 Å². The van der Waals surface area contributed by atoms with E-state index in [1.54, 1.807) is 11.8 Å². The molecule has 5 rings (SSSR count). The number of nitrogens with one attached hydrogen (secondary N) is 1. The lowest BCUT2D eigenvalue weighted by Gasteiger charge is -2.61. The number of hydrogen-bond acceptors (Lipinski definition) is 6. The summed E-state index contributed by atoms with van der Waals surface area (Å²) in [5, 5.41) is 14.6. The van der Waals surface area contributed by atoms with Crippen LogP contribution in [-0.2, 0) is 12.1 Å². The van der Waals surface area contributed by atoms with Crippen LogP contribution in [0.3, 0.4) is 0 Å². The molecule has 1 aromatic carbocycles. The molecule has 3 heterocycles. The topological polar surface area (TPSA) is 102 Å². The van der Waals surface area contributed by atoms with Gasteiger partial charge in [-0.25, -0.2) is 27.6 Å². The molecule has 1 saturated heterocycles. The Hall–Kier alpha value is -3.15. The standard InChI is InChI=1S/C21H21ClF3N7O2/c1-10-3-12-7-21(6-10,19-29-28-11(2)34-19)32(12)20(33)27-16-4-13(14(22)5-15(16)23)18-26-9-31(30-18)8-17(24)25/h4-5,9-10,12,17H,3,6-8H2,1-2H3,(H,27,33)/t10-,12+,21-/m1/s1. The second kappa shape index (κ2) is 8.26. The Bertz CT molecular complexity index is 1250. The molecule has 0 unspecified atom stereocenters. The third-order valence-corrected chi connectivity index (χ3v) is 6.62. The maximum absolute atomic E-state index is 14.7. The molecule has 3 aromatic rings. The van der Waals surface area contributed by atoms with Crippen LogP contribution in [0, 0.1) is 18.7 Å². The molecule has 0 radical (unpaired) electrons. The molecule has 2 aromatic heterocycles. The Morgan fingerprint density at radius 2 is 2.15 bits per heavy atom. The van der Waals surface area contributed by atoms with E-state index >= 15 is 0 Å². The highest BCUT2D eigenvalue weighted by Crippen LogP contribution is 2.55. The quantitative estimate of drug-likeness (QED) is 0.554. The van der Waals surface area contributed by atoms with Gasteiger partial charge in [-0.05, 0) is 30.9 Å². The number of aromatic nitrogens is 5. The van der Waals surface area contributed by atoms with Crippen LogP contribution >= 0.6 is 11.6 Å². The van der Waals surface area contributed by atoms with Gasteiger partial charge in [0.05, 0.1) is 10.7 Å². The van der Waals surface area contributed by atoms with E-state index in [4.69, 9.17) is 16.0 Å². The van der Waals surface area contributed by atoms with Gasteiger partial charge in [-0.1, -0.05) is 18.5 Å². The Balaban J connectivity index is 1.42. The minimum atomic E-state index is -2.61. The van der Waals surface area contributed by atoms with Crippen molar-refractivity contribution in [3.05, 3.63) is 41.1 Å². The molecule has 2 aliphatic rings. The van der Waals surface area contributed by atoms with E-state index in [1.165, 1.54) is 6.07 Å². The Morgan fingerprint density at radius 1 is 1.35 bits per heavy atom. The largest absolute Gasteiger partial charge is 0.423 e. The summed E-state index contributed by atoms with van der Waals surface area (Å²) in [5.41, 5.74) is -0.676. The fraction of sp³-hybridized carbons (Fsp3) is 0.476. The van der Waals surface area contributed by atoms with Crippen molar-refractivity contribution >= 4 is 23.3 Å². The van der Waals surface area contributed by atoms with Crippen LogP contribution < -0.4 is 5.32 Å². The molecule has 1 saturated carbocycles. The molecule has 180 valence electrons. The van der Waals surface area contributed by atoms with E-state index in [1.807, 2.05) is 0 Å². The predicted octanol–water partition coefficient (Wildman–Crippen LogP) is 4.63. The van der Waals surface area contributed by atoms with E-state index < -0.39 is 30.4 Å². The van der Waals surface area contributed by atoms with E-state index in [2.05, 4.69) is 32.5 Å². The van der Waals surface area contributed by atoms with Crippen LogP contribution in [0.2, 0.25) is 5.02 Å². The van der Waals surface area contributed by atoms with Crippen LogP contribution in [0.5, 0.6) is 0 Å². The molecule has 34 heavy (non-hydrogen) atoms.